The van der Waals surface area contributed by atoms with Gasteiger partial charge in [-0.25, -0.2) is 0 Å². The van der Waals surface area contributed by atoms with E-state index < -0.39 is 0 Å². The molecule has 1 rings (SSSR count). The Morgan fingerprint density at radius 1 is 1.00 bits per heavy atom. The van der Waals surface area contributed by atoms with E-state index in [0.717, 1.165) is 18.4 Å². The van der Waals surface area contributed by atoms with E-state index >= 15 is 0 Å². The summed E-state index contributed by atoms with van der Waals surface area (Å²) in [6, 6.07) is 9.86. The van der Waals surface area contributed by atoms with Crippen molar-refractivity contribution in [2.75, 3.05) is 0 Å². The summed E-state index contributed by atoms with van der Waals surface area (Å²) in [5.74, 6) is 0.665. The average molecular weight is 208 g/mol. The van der Waals surface area contributed by atoms with Crippen LogP contribution in [0.4, 0.5) is 0 Å². The zero-order valence-electron chi connectivity index (χ0n) is 10.4. The Hall–Kier alpha value is -0.820. The van der Waals surface area contributed by atoms with Crippen molar-refractivity contribution in [3.63, 3.8) is 0 Å². The molecule has 0 bridgehead atoms. The maximum atomic E-state index is 9.77. The van der Waals surface area contributed by atoms with Gasteiger partial charge in [0.15, 0.2) is 0 Å². The SMILES string of the molecule is CC.CC(C)CCC(O)c1ccccc1. The maximum Gasteiger partial charge on any atom is 0.0790 e. The van der Waals surface area contributed by atoms with E-state index in [-0.39, 0.29) is 6.10 Å². The van der Waals surface area contributed by atoms with Crippen LogP contribution < -0.4 is 0 Å². The standard InChI is InChI=1S/C12H18O.C2H6/c1-10(2)8-9-12(13)11-6-4-3-5-7-11;1-2/h3-7,10,12-13H,8-9H2,1-2H3;1-2H3. The van der Waals surface area contributed by atoms with Crippen LogP contribution in [0, 0.1) is 5.92 Å². The summed E-state index contributed by atoms with van der Waals surface area (Å²) < 4.78 is 0. The Kier molecular flexibility index (Phi) is 8.02. The number of hydrogen-bond donors (Lipinski definition) is 1. The fourth-order valence-corrected chi connectivity index (χ4v) is 1.33. The van der Waals surface area contributed by atoms with Gasteiger partial charge < -0.3 is 5.11 Å². The largest absolute Gasteiger partial charge is 0.388 e. The van der Waals surface area contributed by atoms with Crippen LogP contribution in [0.15, 0.2) is 30.3 Å². The summed E-state index contributed by atoms with van der Waals surface area (Å²) >= 11 is 0. The Bertz CT molecular complexity index is 228. The van der Waals surface area contributed by atoms with Crippen molar-refractivity contribution in [3.8, 4) is 0 Å². The van der Waals surface area contributed by atoms with E-state index in [9.17, 15) is 5.11 Å². The predicted molar refractivity (Wildman–Crippen MR) is 66.8 cm³/mol. The van der Waals surface area contributed by atoms with E-state index in [4.69, 9.17) is 0 Å². The molecule has 0 aliphatic heterocycles. The van der Waals surface area contributed by atoms with Crippen LogP contribution in [0.1, 0.15) is 52.2 Å². The van der Waals surface area contributed by atoms with Gasteiger partial charge in [0, 0.05) is 0 Å². The van der Waals surface area contributed by atoms with Gasteiger partial charge in [-0.05, 0) is 24.3 Å². The van der Waals surface area contributed by atoms with Gasteiger partial charge in [-0.2, -0.15) is 0 Å². The second-order valence-corrected chi connectivity index (χ2v) is 3.90. The number of aliphatic hydroxyl groups is 1. The molecule has 1 heteroatoms. The Labute approximate surface area is 94.2 Å². The summed E-state index contributed by atoms with van der Waals surface area (Å²) in [5, 5.41) is 9.77. The molecule has 86 valence electrons. The molecule has 0 spiro atoms. The summed E-state index contributed by atoms with van der Waals surface area (Å²) in [7, 11) is 0. The van der Waals surface area contributed by atoms with Gasteiger partial charge in [0.2, 0.25) is 0 Å². The topological polar surface area (TPSA) is 20.2 Å². The fraction of sp³-hybridized carbons (Fsp3) is 0.571. The molecule has 0 saturated heterocycles. The van der Waals surface area contributed by atoms with E-state index in [1.807, 2.05) is 44.2 Å². The molecule has 1 aromatic rings. The molecule has 15 heavy (non-hydrogen) atoms. The third-order valence-electron chi connectivity index (χ3n) is 2.20. The number of benzene rings is 1. The highest BCUT2D eigenvalue weighted by molar-refractivity contribution is 5.16. The van der Waals surface area contributed by atoms with Crippen LogP contribution in [0.2, 0.25) is 0 Å². The Balaban J connectivity index is 0.000000921. The Morgan fingerprint density at radius 2 is 1.53 bits per heavy atom. The van der Waals surface area contributed by atoms with Gasteiger partial charge in [-0.15, -0.1) is 0 Å². The van der Waals surface area contributed by atoms with Crippen LogP contribution in [0.25, 0.3) is 0 Å². The van der Waals surface area contributed by atoms with E-state index in [0.29, 0.717) is 5.92 Å². The minimum absolute atomic E-state index is 0.288. The van der Waals surface area contributed by atoms with Gasteiger partial charge in [0.25, 0.3) is 0 Å². The molecule has 0 aliphatic rings. The number of hydrogen-bond acceptors (Lipinski definition) is 1. The summed E-state index contributed by atoms with van der Waals surface area (Å²) in [5.41, 5.74) is 1.03. The van der Waals surface area contributed by atoms with Crippen molar-refractivity contribution in [1.29, 1.82) is 0 Å². The molecule has 0 aromatic heterocycles. The van der Waals surface area contributed by atoms with Crippen LogP contribution in [0.3, 0.4) is 0 Å². The third-order valence-corrected chi connectivity index (χ3v) is 2.20. The van der Waals surface area contributed by atoms with Crippen molar-refractivity contribution in [3.05, 3.63) is 35.9 Å². The molecule has 1 aromatic carbocycles. The maximum absolute atomic E-state index is 9.77. The van der Waals surface area contributed by atoms with Crippen LogP contribution in [0.5, 0.6) is 0 Å². The van der Waals surface area contributed by atoms with E-state index in [2.05, 4.69) is 13.8 Å². The smallest absolute Gasteiger partial charge is 0.0790 e. The Morgan fingerprint density at radius 3 is 2.00 bits per heavy atom. The van der Waals surface area contributed by atoms with Crippen LogP contribution in [-0.2, 0) is 0 Å². The third kappa shape index (κ3) is 6.29. The van der Waals surface area contributed by atoms with Gasteiger partial charge in [-0.1, -0.05) is 58.0 Å². The van der Waals surface area contributed by atoms with Crippen molar-refractivity contribution < 1.29 is 5.11 Å². The highest BCUT2D eigenvalue weighted by atomic mass is 16.3. The average Bonchev–Trinajstić information content (AvgIpc) is 2.30. The lowest BCUT2D eigenvalue weighted by atomic mass is 10.0. The predicted octanol–water partition coefficient (Wildman–Crippen LogP) is 4.18. The zero-order valence-corrected chi connectivity index (χ0v) is 10.4. The van der Waals surface area contributed by atoms with E-state index in [1.54, 1.807) is 0 Å². The highest BCUT2D eigenvalue weighted by Crippen LogP contribution is 2.19. The lowest BCUT2D eigenvalue weighted by Gasteiger charge is -2.11. The molecule has 0 saturated carbocycles. The summed E-state index contributed by atoms with van der Waals surface area (Å²) in [6.07, 6.45) is 1.65. The van der Waals surface area contributed by atoms with Crippen LogP contribution >= 0.6 is 0 Å². The quantitative estimate of drug-likeness (QED) is 0.787. The first-order valence-corrected chi connectivity index (χ1v) is 5.93. The van der Waals surface area contributed by atoms with Gasteiger partial charge in [0.05, 0.1) is 6.10 Å². The minimum Gasteiger partial charge on any atom is -0.388 e. The molecule has 1 nitrogen and oxygen atoms in total. The van der Waals surface area contributed by atoms with Crippen molar-refractivity contribution in [2.24, 2.45) is 5.92 Å². The summed E-state index contributed by atoms with van der Waals surface area (Å²) in [4.78, 5) is 0. The van der Waals surface area contributed by atoms with Crippen molar-refractivity contribution >= 4 is 0 Å². The van der Waals surface area contributed by atoms with Crippen LogP contribution in [-0.4, -0.2) is 5.11 Å². The first-order valence-electron chi connectivity index (χ1n) is 5.93. The zero-order chi connectivity index (χ0) is 11.7. The van der Waals surface area contributed by atoms with Gasteiger partial charge in [0.1, 0.15) is 0 Å². The molecule has 1 atom stereocenters. The minimum atomic E-state index is -0.288. The molecule has 0 radical (unpaired) electrons. The monoisotopic (exact) mass is 208 g/mol. The molecule has 0 fully saturated rings. The number of aliphatic hydroxyl groups excluding tert-OH is 1. The van der Waals surface area contributed by atoms with Gasteiger partial charge in [-0.3, -0.25) is 0 Å². The van der Waals surface area contributed by atoms with Crippen molar-refractivity contribution in [2.45, 2.75) is 46.6 Å². The fourth-order valence-electron chi connectivity index (χ4n) is 1.33. The van der Waals surface area contributed by atoms with Gasteiger partial charge >= 0.3 is 0 Å². The first kappa shape index (κ1) is 14.2. The molecular weight excluding hydrogens is 184 g/mol. The second-order valence-electron chi connectivity index (χ2n) is 3.90. The lowest BCUT2D eigenvalue weighted by Crippen LogP contribution is -1.99. The lowest BCUT2D eigenvalue weighted by molar-refractivity contribution is 0.159. The molecule has 0 amide bonds. The molecule has 0 aliphatic carbocycles. The highest BCUT2D eigenvalue weighted by Gasteiger charge is 2.06. The molecule has 1 unspecified atom stereocenters. The molecular formula is C14H24O. The normalized spacial score (nSPS) is 11.9. The summed E-state index contributed by atoms with van der Waals surface area (Å²) in [6.45, 7) is 8.36. The van der Waals surface area contributed by atoms with E-state index in [1.165, 1.54) is 0 Å². The first-order chi connectivity index (χ1) is 7.20. The van der Waals surface area contributed by atoms with Crippen molar-refractivity contribution in [1.82, 2.24) is 0 Å². The second kappa shape index (κ2) is 8.49. The molecule has 1 N–H and O–H groups in total. The number of rotatable bonds is 4. The molecule has 0 heterocycles.